The fourth-order valence-corrected chi connectivity index (χ4v) is 4.75. The van der Waals surface area contributed by atoms with Crippen molar-refractivity contribution in [1.82, 2.24) is 9.88 Å². The van der Waals surface area contributed by atoms with Crippen LogP contribution in [0.1, 0.15) is 21.1 Å². The van der Waals surface area contributed by atoms with Gasteiger partial charge in [0.2, 0.25) is 0 Å². The number of hydrogen-bond donors (Lipinski definition) is 1. The lowest BCUT2D eigenvalue weighted by Gasteiger charge is -2.22. The van der Waals surface area contributed by atoms with E-state index in [-0.39, 0.29) is 17.6 Å². The molecule has 0 bridgehead atoms. The highest BCUT2D eigenvalue weighted by Gasteiger charge is 2.33. The number of halogens is 3. The zero-order valence-corrected chi connectivity index (χ0v) is 15.0. The molecule has 0 unspecified atom stereocenters. The van der Waals surface area contributed by atoms with Gasteiger partial charge < -0.3 is 10.6 Å². The molecule has 1 atom stereocenters. The molecule has 1 aromatic heterocycles. The normalized spacial score (nSPS) is 18.0. The van der Waals surface area contributed by atoms with E-state index in [0.29, 0.717) is 27.9 Å². The summed E-state index contributed by atoms with van der Waals surface area (Å²) < 4.78 is 38.2. The van der Waals surface area contributed by atoms with E-state index < -0.39 is 11.7 Å². The summed E-state index contributed by atoms with van der Waals surface area (Å²) in [4.78, 5) is 19.5. The molecule has 0 saturated carbocycles. The Morgan fingerprint density at radius 1 is 1.36 bits per heavy atom. The molecule has 1 aliphatic heterocycles. The highest BCUT2D eigenvalue weighted by Crippen LogP contribution is 2.35. The van der Waals surface area contributed by atoms with Crippen LogP contribution in [0.25, 0.3) is 10.4 Å². The maximum absolute atomic E-state index is 12.9. The average Bonchev–Trinajstić information content (AvgIpc) is 3.19. The smallest absolute Gasteiger partial charge is 0.328 e. The third-order valence-electron chi connectivity index (χ3n) is 3.93. The van der Waals surface area contributed by atoms with Gasteiger partial charge in [-0.25, -0.2) is 4.98 Å². The second kappa shape index (κ2) is 6.97. The number of carbonyl (C=O) groups is 1. The molecule has 1 saturated heterocycles. The van der Waals surface area contributed by atoms with Crippen molar-refractivity contribution in [3.05, 3.63) is 40.5 Å². The molecule has 25 heavy (non-hydrogen) atoms. The highest BCUT2D eigenvalue weighted by atomic mass is 32.2. The van der Waals surface area contributed by atoms with Crippen molar-refractivity contribution in [1.29, 1.82) is 0 Å². The highest BCUT2D eigenvalue weighted by molar-refractivity contribution is 7.99. The number of nitrogens with zero attached hydrogens (tertiary/aromatic N) is 2. The Kier molecular flexibility index (Phi) is 5.08. The fraction of sp³-hybridized carbons (Fsp3) is 0.375. The Hall–Kier alpha value is -1.58. The maximum atomic E-state index is 12.9. The Balaban J connectivity index is 1.95. The van der Waals surface area contributed by atoms with E-state index in [9.17, 15) is 18.0 Å². The molecule has 2 heterocycles. The van der Waals surface area contributed by atoms with Crippen molar-refractivity contribution >= 4 is 29.0 Å². The van der Waals surface area contributed by atoms with Gasteiger partial charge in [0, 0.05) is 12.3 Å². The second-order valence-corrected chi connectivity index (χ2v) is 7.85. The number of thiazole rings is 1. The lowest BCUT2D eigenvalue weighted by Crippen LogP contribution is -2.41. The van der Waals surface area contributed by atoms with Gasteiger partial charge in [-0.1, -0.05) is 12.1 Å². The maximum Gasteiger partial charge on any atom is 0.416 e. The molecule has 4 nitrogen and oxygen atoms in total. The van der Waals surface area contributed by atoms with Crippen LogP contribution in [0.15, 0.2) is 24.3 Å². The third-order valence-corrected chi connectivity index (χ3v) is 6.03. The summed E-state index contributed by atoms with van der Waals surface area (Å²) in [5.41, 5.74) is 5.84. The van der Waals surface area contributed by atoms with E-state index in [1.807, 2.05) is 0 Å². The van der Waals surface area contributed by atoms with Gasteiger partial charge in [-0.15, -0.1) is 23.1 Å². The molecule has 0 spiro atoms. The summed E-state index contributed by atoms with van der Waals surface area (Å²) >= 11 is 2.93. The number of aryl methyl sites for hydroxylation is 1. The van der Waals surface area contributed by atoms with Gasteiger partial charge in [0.25, 0.3) is 5.91 Å². The van der Waals surface area contributed by atoms with Crippen molar-refractivity contribution in [2.24, 2.45) is 5.73 Å². The Bertz CT molecular complexity index is 774. The largest absolute Gasteiger partial charge is 0.416 e. The number of nitrogens with two attached hydrogens (primary N) is 1. The molecular weight excluding hydrogens is 371 g/mol. The predicted octanol–water partition coefficient (Wildman–Crippen LogP) is 3.61. The van der Waals surface area contributed by atoms with Crippen LogP contribution in [-0.4, -0.2) is 40.0 Å². The lowest BCUT2D eigenvalue weighted by molar-refractivity contribution is -0.137. The minimum atomic E-state index is -4.39. The summed E-state index contributed by atoms with van der Waals surface area (Å²) in [6.45, 7) is 2.14. The lowest BCUT2D eigenvalue weighted by atomic mass is 10.1. The number of alkyl halides is 3. The first kappa shape index (κ1) is 18.2. The summed E-state index contributed by atoms with van der Waals surface area (Å²) in [7, 11) is 0. The summed E-state index contributed by atoms with van der Waals surface area (Å²) in [5, 5.41) is 0.689. The molecule has 2 N–H and O–H groups in total. The van der Waals surface area contributed by atoms with Crippen LogP contribution in [0.3, 0.4) is 0 Å². The van der Waals surface area contributed by atoms with Gasteiger partial charge in [-0.3, -0.25) is 4.79 Å². The van der Waals surface area contributed by atoms with Gasteiger partial charge in [0.15, 0.2) is 0 Å². The number of rotatable bonds is 3. The van der Waals surface area contributed by atoms with Gasteiger partial charge >= 0.3 is 6.18 Å². The van der Waals surface area contributed by atoms with Crippen LogP contribution >= 0.6 is 23.1 Å². The van der Waals surface area contributed by atoms with Gasteiger partial charge in [0.1, 0.15) is 5.69 Å². The van der Waals surface area contributed by atoms with E-state index in [4.69, 9.17) is 5.73 Å². The molecule has 3 rings (SSSR count). The van der Waals surface area contributed by atoms with Crippen LogP contribution in [0.2, 0.25) is 0 Å². The van der Waals surface area contributed by atoms with Crippen LogP contribution < -0.4 is 5.73 Å². The molecule has 2 aromatic rings. The average molecular weight is 387 g/mol. The third kappa shape index (κ3) is 3.68. The Labute approximate surface area is 151 Å². The predicted molar refractivity (Wildman–Crippen MR) is 93.6 cm³/mol. The summed E-state index contributed by atoms with van der Waals surface area (Å²) in [5.74, 6) is 1.10. The minimum Gasteiger partial charge on any atom is -0.328 e. The number of amides is 1. The molecular formula is C16H16F3N3OS2. The van der Waals surface area contributed by atoms with Crippen LogP contribution in [0, 0.1) is 6.92 Å². The fourth-order valence-electron chi connectivity index (χ4n) is 2.62. The molecule has 1 aromatic carbocycles. The topological polar surface area (TPSA) is 59.2 Å². The van der Waals surface area contributed by atoms with Gasteiger partial charge in [-0.2, -0.15) is 13.2 Å². The molecule has 0 radical (unpaired) electrons. The SMILES string of the molecule is Cc1nc(C(=O)N2CSC[C@H]2CN)c(-c2ccc(C(F)(F)F)cc2)s1. The van der Waals surface area contributed by atoms with E-state index in [1.54, 1.807) is 23.6 Å². The number of thioether (sulfide) groups is 1. The van der Waals surface area contributed by atoms with Gasteiger partial charge in [0.05, 0.1) is 27.4 Å². The van der Waals surface area contributed by atoms with Gasteiger partial charge in [-0.05, 0) is 24.6 Å². The van der Waals surface area contributed by atoms with E-state index in [1.165, 1.54) is 23.5 Å². The molecule has 1 aliphatic rings. The van der Waals surface area contributed by atoms with E-state index in [2.05, 4.69) is 4.98 Å². The molecule has 1 fully saturated rings. The quantitative estimate of drug-likeness (QED) is 0.874. The van der Waals surface area contributed by atoms with Crippen molar-refractivity contribution < 1.29 is 18.0 Å². The van der Waals surface area contributed by atoms with Crippen molar-refractivity contribution in [3.63, 3.8) is 0 Å². The molecule has 0 aliphatic carbocycles. The number of benzene rings is 1. The van der Waals surface area contributed by atoms with Crippen molar-refractivity contribution in [3.8, 4) is 10.4 Å². The van der Waals surface area contributed by atoms with Crippen LogP contribution in [-0.2, 0) is 6.18 Å². The van der Waals surface area contributed by atoms with E-state index in [0.717, 1.165) is 17.9 Å². The zero-order chi connectivity index (χ0) is 18.2. The second-order valence-electron chi connectivity index (χ2n) is 5.65. The van der Waals surface area contributed by atoms with E-state index >= 15 is 0 Å². The summed E-state index contributed by atoms with van der Waals surface area (Å²) in [6, 6.07) is 4.76. The first-order chi connectivity index (χ1) is 11.8. The molecule has 1 amide bonds. The Morgan fingerprint density at radius 3 is 2.64 bits per heavy atom. The van der Waals surface area contributed by atoms with Crippen LogP contribution in [0.4, 0.5) is 13.2 Å². The summed E-state index contributed by atoms with van der Waals surface area (Å²) in [6.07, 6.45) is -4.39. The zero-order valence-electron chi connectivity index (χ0n) is 13.3. The minimum absolute atomic E-state index is 0.0417. The molecule has 9 heteroatoms. The van der Waals surface area contributed by atoms with Crippen molar-refractivity contribution in [2.45, 2.75) is 19.1 Å². The number of aromatic nitrogens is 1. The number of hydrogen-bond acceptors (Lipinski definition) is 5. The van der Waals surface area contributed by atoms with Crippen molar-refractivity contribution in [2.75, 3.05) is 18.2 Å². The number of carbonyl (C=O) groups excluding carboxylic acids is 1. The standard InChI is InChI=1S/C16H16F3N3OS2/c1-9-21-13(15(23)22-8-24-7-12(22)6-20)14(25-9)10-2-4-11(5-3-10)16(17,18)19/h2-5,12H,6-8,20H2,1H3/t12-/m1/s1. The monoisotopic (exact) mass is 387 g/mol. The molecule has 134 valence electrons. The van der Waals surface area contributed by atoms with Crippen LogP contribution in [0.5, 0.6) is 0 Å². The first-order valence-electron chi connectivity index (χ1n) is 7.55. The first-order valence-corrected chi connectivity index (χ1v) is 9.52. The Morgan fingerprint density at radius 2 is 2.04 bits per heavy atom.